The summed E-state index contributed by atoms with van der Waals surface area (Å²) in [6, 6.07) is 9.06. The molecule has 2 aromatic rings. The summed E-state index contributed by atoms with van der Waals surface area (Å²) in [5, 5.41) is 0.898. The molecule has 9 heteroatoms. The van der Waals surface area contributed by atoms with Gasteiger partial charge in [-0.1, -0.05) is 18.2 Å². The van der Waals surface area contributed by atoms with Crippen LogP contribution in [-0.4, -0.2) is 60.7 Å². The van der Waals surface area contributed by atoms with Crippen molar-refractivity contribution < 1.29 is 27.5 Å². The Morgan fingerprint density at radius 2 is 2.00 bits per heavy atom. The average Bonchev–Trinajstić information content (AvgIpc) is 2.70. The number of ether oxygens (including phenoxy) is 1. The van der Waals surface area contributed by atoms with Crippen LogP contribution in [0, 0.1) is 6.92 Å². The first-order chi connectivity index (χ1) is 14.2. The highest BCUT2D eigenvalue weighted by molar-refractivity contribution is 5.93. The molecule has 0 N–H and O–H groups in total. The van der Waals surface area contributed by atoms with Gasteiger partial charge in [-0.2, -0.15) is 13.2 Å². The van der Waals surface area contributed by atoms with Gasteiger partial charge in [0.15, 0.2) is 0 Å². The van der Waals surface area contributed by atoms with Crippen LogP contribution in [-0.2, 0) is 14.3 Å². The molecule has 6 nitrogen and oxygen atoms in total. The van der Waals surface area contributed by atoms with Gasteiger partial charge in [-0.05, 0) is 19.1 Å². The predicted molar refractivity (Wildman–Crippen MR) is 106 cm³/mol. The summed E-state index contributed by atoms with van der Waals surface area (Å²) in [4.78, 5) is 32.1. The Morgan fingerprint density at radius 3 is 2.70 bits per heavy atom. The number of methoxy groups -OCH3 is 1. The van der Waals surface area contributed by atoms with Gasteiger partial charge in [0.25, 0.3) is 0 Å². The molecule has 1 aliphatic rings. The van der Waals surface area contributed by atoms with Gasteiger partial charge in [0.1, 0.15) is 0 Å². The summed E-state index contributed by atoms with van der Waals surface area (Å²) in [6.45, 7) is 2.56. The number of carbonyl (C=O) groups is 2. The van der Waals surface area contributed by atoms with Crippen molar-refractivity contribution in [3.8, 4) is 0 Å². The first-order valence-electron chi connectivity index (χ1n) is 9.42. The number of piperazine rings is 1. The van der Waals surface area contributed by atoms with Crippen molar-refractivity contribution in [3.63, 3.8) is 0 Å². The van der Waals surface area contributed by atoms with E-state index in [9.17, 15) is 22.8 Å². The molecule has 1 aromatic carbocycles. The zero-order chi connectivity index (χ0) is 21.9. The van der Waals surface area contributed by atoms with E-state index in [0.29, 0.717) is 12.6 Å². The number of fused-ring (bicyclic) bond motifs is 1. The number of hydrogen-bond donors (Lipinski definition) is 0. The molecule has 1 amide bonds. The standard InChI is InChI=1S/C21H22F3N3O3/c1-14-11-18(16-5-3-4-6-17(16)25-14)27-10-9-26(13-15(27)12-20(29)30-2)19(28)7-8-21(22,23)24/h3-8,11,15H,9-10,12-13H2,1-2H3. The minimum Gasteiger partial charge on any atom is -0.469 e. The molecule has 3 rings (SSSR count). The van der Waals surface area contributed by atoms with E-state index >= 15 is 0 Å². The molecule has 0 spiro atoms. The number of pyridine rings is 1. The molecule has 0 aliphatic carbocycles. The number of benzene rings is 1. The molecular weight excluding hydrogens is 399 g/mol. The number of nitrogens with zero attached hydrogens (tertiary/aromatic N) is 3. The maximum atomic E-state index is 12.4. The van der Waals surface area contributed by atoms with Crippen LogP contribution in [0.1, 0.15) is 12.1 Å². The van der Waals surface area contributed by atoms with Gasteiger partial charge in [-0.25, -0.2) is 0 Å². The van der Waals surface area contributed by atoms with E-state index in [-0.39, 0.29) is 25.6 Å². The van der Waals surface area contributed by atoms with Crippen molar-refractivity contribution >= 4 is 28.5 Å². The Bertz CT molecular complexity index is 975. The number of carbonyl (C=O) groups excluding carboxylic acids is 2. The molecule has 0 radical (unpaired) electrons. The van der Waals surface area contributed by atoms with Crippen molar-refractivity contribution in [2.75, 3.05) is 31.6 Å². The lowest BCUT2D eigenvalue weighted by Gasteiger charge is -2.42. The lowest BCUT2D eigenvalue weighted by molar-refractivity contribution is -0.141. The maximum Gasteiger partial charge on any atom is 0.409 e. The van der Waals surface area contributed by atoms with Crippen molar-refractivity contribution in [2.24, 2.45) is 0 Å². The second-order valence-corrected chi connectivity index (χ2v) is 7.09. The second-order valence-electron chi connectivity index (χ2n) is 7.09. The number of aromatic nitrogens is 1. The Labute approximate surface area is 171 Å². The molecule has 30 heavy (non-hydrogen) atoms. The molecule has 160 valence electrons. The number of hydrogen-bond acceptors (Lipinski definition) is 5. The van der Waals surface area contributed by atoms with Crippen LogP contribution < -0.4 is 4.90 Å². The summed E-state index contributed by atoms with van der Waals surface area (Å²) < 4.78 is 42.0. The Morgan fingerprint density at radius 1 is 1.27 bits per heavy atom. The number of alkyl halides is 3. The van der Waals surface area contributed by atoms with E-state index in [2.05, 4.69) is 4.98 Å². The fourth-order valence-corrected chi connectivity index (χ4v) is 3.62. The average molecular weight is 421 g/mol. The number of amides is 1. The van der Waals surface area contributed by atoms with Crippen LogP contribution in [0.3, 0.4) is 0 Å². The number of para-hydroxylation sites is 1. The van der Waals surface area contributed by atoms with Crippen LogP contribution in [0.25, 0.3) is 10.9 Å². The monoisotopic (exact) mass is 421 g/mol. The quantitative estimate of drug-likeness (QED) is 0.560. The van der Waals surface area contributed by atoms with Crippen LogP contribution >= 0.6 is 0 Å². The van der Waals surface area contributed by atoms with Gasteiger partial charge in [0, 0.05) is 48.6 Å². The maximum absolute atomic E-state index is 12.4. The molecule has 1 aliphatic heterocycles. The van der Waals surface area contributed by atoms with Crippen molar-refractivity contribution in [2.45, 2.75) is 25.6 Å². The molecule has 1 fully saturated rings. The van der Waals surface area contributed by atoms with Crippen molar-refractivity contribution in [3.05, 3.63) is 48.2 Å². The van der Waals surface area contributed by atoms with E-state index in [1.54, 1.807) is 0 Å². The Balaban J connectivity index is 1.91. The van der Waals surface area contributed by atoms with Gasteiger partial charge < -0.3 is 14.5 Å². The number of allylic oxidation sites excluding steroid dienone is 1. The van der Waals surface area contributed by atoms with Gasteiger partial charge in [-0.15, -0.1) is 0 Å². The Kier molecular flexibility index (Phi) is 6.28. The highest BCUT2D eigenvalue weighted by Crippen LogP contribution is 2.31. The van der Waals surface area contributed by atoms with Crippen molar-refractivity contribution in [1.82, 2.24) is 9.88 Å². The number of halogens is 3. The van der Waals surface area contributed by atoms with Gasteiger partial charge in [0.05, 0.1) is 25.1 Å². The summed E-state index contributed by atoms with van der Waals surface area (Å²) in [6.07, 6.45) is -4.11. The van der Waals surface area contributed by atoms with Gasteiger partial charge in [0.2, 0.25) is 5.91 Å². The smallest absolute Gasteiger partial charge is 0.409 e. The van der Waals surface area contributed by atoms with Gasteiger partial charge in [-0.3, -0.25) is 14.6 Å². The lowest BCUT2D eigenvalue weighted by Crippen LogP contribution is -2.55. The van der Waals surface area contributed by atoms with Crippen molar-refractivity contribution in [1.29, 1.82) is 0 Å². The Hall–Kier alpha value is -3.10. The third-order valence-electron chi connectivity index (χ3n) is 4.97. The first kappa shape index (κ1) is 21.6. The zero-order valence-electron chi connectivity index (χ0n) is 16.6. The SMILES string of the molecule is COC(=O)CC1CN(C(=O)C=CC(F)(F)F)CCN1c1cc(C)nc2ccccc12. The number of anilines is 1. The number of rotatable bonds is 4. The van der Waals surface area contributed by atoms with Gasteiger partial charge >= 0.3 is 12.1 Å². The fourth-order valence-electron chi connectivity index (χ4n) is 3.62. The largest absolute Gasteiger partial charge is 0.469 e. The van der Waals surface area contributed by atoms with Crippen LogP contribution in [0.15, 0.2) is 42.5 Å². The van der Waals surface area contributed by atoms with Crippen LogP contribution in [0.2, 0.25) is 0 Å². The molecule has 1 aromatic heterocycles. The molecule has 1 saturated heterocycles. The molecule has 0 saturated carbocycles. The minimum absolute atomic E-state index is 0.00103. The normalized spacial score (nSPS) is 17.6. The molecule has 1 atom stereocenters. The lowest BCUT2D eigenvalue weighted by atomic mass is 10.0. The minimum atomic E-state index is -4.56. The molecule has 2 heterocycles. The molecular formula is C21H22F3N3O3. The zero-order valence-corrected chi connectivity index (χ0v) is 16.6. The molecule has 0 bridgehead atoms. The first-order valence-corrected chi connectivity index (χ1v) is 9.42. The third kappa shape index (κ3) is 5.08. The summed E-state index contributed by atoms with van der Waals surface area (Å²) in [5.41, 5.74) is 2.47. The number of esters is 1. The summed E-state index contributed by atoms with van der Waals surface area (Å²) >= 11 is 0. The number of aryl methyl sites for hydroxylation is 1. The fraction of sp³-hybridized carbons (Fsp3) is 0.381. The van der Waals surface area contributed by atoms with E-state index < -0.39 is 24.1 Å². The predicted octanol–water partition coefficient (Wildman–Crippen LogP) is 3.24. The summed E-state index contributed by atoms with van der Waals surface area (Å²) in [5.74, 6) is -1.20. The highest BCUT2D eigenvalue weighted by atomic mass is 19.4. The topological polar surface area (TPSA) is 62.7 Å². The highest BCUT2D eigenvalue weighted by Gasteiger charge is 2.32. The van der Waals surface area contributed by atoms with Crippen LogP contribution in [0.5, 0.6) is 0 Å². The van der Waals surface area contributed by atoms with E-state index in [4.69, 9.17) is 4.74 Å². The second kappa shape index (κ2) is 8.73. The summed E-state index contributed by atoms with van der Waals surface area (Å²) in [7, 11) is 1.27. The van der Waals surface area contributed by atoms with E-state index in [1.165, 1.54) is 12.0 Å². The van der Waals surface area contributed by atoms with E-state index in [1.807, 2.05) is 42.2 Å². The molecule has 1 unspecified atom stereocenters. The van der Waals surface area contributed by atoms with Crippen LogP contribution in [0.4, 0.5) is 18.9 Å². The third-order valence-corrected chi connectivity index (χ3v) is 4.97. The van der Waals surface area contributed by atoms with E-state index in [0.717, 1.165) is 22.3 Å².